The number of rotatable bonds is 5. The molecular formula is C12H16BrClO. The fraction of sp³-hybridized carbons (Fsp3) is 0.500. The van der Waals surface area contributed by atoms with Crippen LogP contribution in [0.25, 0.3) is 0 Å². The molecule has 15 heavy (non-hydrogen) atoms. The van der Waals surface area contributed by atoms with Crippen molar-refractivity contribution < 1.29 is 4.74 Å². The molecular weight excluding hydrogens is 275 g/mol. The van der Waals surface area contributed by atoms with E-state index in [2.05, 4.69) is 28.9 Å². The molecule has 1 aromatic rings. The van der Waals surface area contributed by atoms with Crippen LogP contribution in [-0.2, 0) is 6.42 Å². The lowest BCUT2D eigenvalue weighted by Crippen LogP contribution is -1.99. The van der Waals surface area contributed by atoms with Crippen molar-refractivity contribution in [3.8, 4) is 5.75 Å². The molecule has 0 radical (unpaired) electrons. The molecule has 1 unspecified atom stereocenters. The van der Waals surface area contributed by atoms with Crippen LogP contribution < -0.4 is 4.74 Å². The summed E-state index contributed by atoms with van der Waals surface area (Å²) in [5.74, 6) is 2.19. The highest BCUT2D eigenvalue weighted by molar-refractivity contribution is 9.10. The molecule has 1 rings (SSSR count). The lowest BCUT2D eigenvalue weighted by atomic mass is 10.0. The van der Waals surface area contributed by atoms with Gasteiger partial charge < -0.3 is 4.74 Å². The summed E-state index contributed by atoms with van der Waals surface area (Å²) in [6.07, 6.45) is 2.14. The van der Waals surface area contributed by atoms with Crippen LogP contribution >= 0.6 is 27.5 Å². The van der Waals surface area contributed by atoms with Crippen molar-refractivity contribution in [2.24, 2.45) is 5.92 Å². The maximum Gasteiger partial charge on any atom is 0.119 e. The second-order valence-corrected chi connectivity index (χ2v) is 4.92. The molecule has 0 aliphatic heterocycles. The van der Waals surface area contributed by atoms with Gasteiger partial charge in [0, 0.05) is 10.4 Å². The monoisotopic (exact) mass is 290 g/mol. The zero-order chi connectivity index (χ0) is 11.3. The third kappa shape index (κ3) is 4.04. The average Bonchev–Trinajstić information content (AvgIpc) is 2.27. The summed E-state index contributed by atoms with van der Waals surface area (Å²) in [7, 11) is 1.69. The minimum Gasteiger partial charge on any atom is -0.497 e. The van der Waals surface area contributed by atoms with Crippen LogP contribution in [0.4, 0.5) is 0 Å². The lowest BCUT2D eigenvalue weighted by Gasteiger charge is -2.10. The number of ether oxygens (including phenoxy) is 1. The highest BCUT2D eigenvalue weighted by atomic mass is 79.9. The molecule has 0 aliphatic rings. The van der Waals surface area contributed by atoms with Crippen LogP contribution in [0.2, 0.25) is 0 Å². The molecule has 3 heteroatoms. The first kappa shape index (κ1) is 12.9. The smallest absolute Gasteiger partial charge is 0.119 e. The molecule has 1 nitrogen and oxygen atoms in total. The van der Waals surface area contributed by atoms with Gasteiger partial charge in [-0.3, -0.25) is 0 Å². The summed E-state index contributed by atoms with van der Waals surface area (Å²) in [4.78, 5) is 0. The zero-order valence-corrected chi connectivity index (χ0v) is 11.4. The number of hydrogen-bond donors (Lipinski definition) is 0. The molecule has 0 amide bonds. The van der Waals surface area contributed by atoms with E-state index in [0.29, 0.717) is 5.92 Å². The number of benzene rings is 1. The molecule has 0 aromatic heterocycles. The van der Waals surface area contributed by atoms with Crippen LogP contribution in [0.1, 0.15) is 18.9 Å². The molecule has 84 valence electrons. The molecule has 0 aliphatic carbocycles. The Kier molecular flexibility index (Phi) is 5.48. The van der Waals surface area contributed by atoms with Gasteiger partial charge in [0.25, 0.3) is 0 Å². The van der Waals surface area contributed by atoms with Gasteiger partial charge in [0.05, 0.1) is 7.11 Å². The zero-order valence-electron chi connectivity index (χ0n) is 9.09. The van der Waals surface area contributed by atoms with Crippen molar-refractivity contribution in [2.45, 2.75) is 19.8 Å². The summed E-state index contributed by atoms with van der Waals surface area (Å²) in [6, 6.07) is 6.06. The van der Waals surface area contributed by atoms with Crippen LogP contribution in [0.3, 0.4) is 0 Å². The van der Waals surface area contributed by atoms with E-state index >= 15 is 0 Å². The quantitative estimate of drug-likeness (QED) is 0.736. The first-order chi connectivity index (χ1) is 7.17. The fourth-order valence-electron chi connectivity index (χ4n) is 1.35. The molecule has 0 heterocycles. The van der Waals surface area contributed by atoms with Gasteiger partial charge in [0.1, 0.15) is 5.75 Å². The van der Waals surface area contributed by atoms with E-state index in [0.717, 1.165) is 28.9 Å². The maximum atomic E-state index is 5.78. The van der Waals surface area contributed by atoms with Crippen LogP contribution in [-0.4, -0.2) is 13.0 Å². The lowest BCUT2D eigenvalue weighted by molar-refractivity contribution is 0.414. The average molecular weight is 292 g/mol. The van der Waals surface area contributed by atoms with E-state index in [1.807, 2.05) is 12.1 Å². The Morgan fingerprint density at radius 1 is 1.47 bits per heavy atom. The van der Waals surface area contributed by atoms with Crippen molar-refractivity contribution in [3.63, 3.8) is 0 Å². The minimum atomic E-state index is 0.560. The summed E-state index contributed by atoms with van der Waals surface area (Å²) in [6.45, 7) is 2.17. The Balaban J connectivity index is 2.66. The predicted molar refractivity (Wildman–Crippen MR) is 68.9 cm³/mol. The Hall–Kier alpha value is -0.210. The first-order valence-electron chi connectivity index (χ1n) is 5.05. The summed E-state index contributed by atoms with van der Waals surface area (Å²) >= 11 is 9.32. The summed E-state index contributed by atoms with van der Waals surface area (Å²) < 4.78 is 6.34. The van der Waals surface area contributed by atoms with E-state index in [1.165, 1.54) is 5.56 Å². The summed E-state index contributed by atoms with van der Waals surface area (Å²) in [5, 5.41) is 0. The second kappa shape index (κ2) is 6.39. The van der Waals surface area contributed by atoms with Gasteiger partial charge in [-0.05, 0) is 42.5 Å². The van der Waals surface area contributed by atoms with Crippen molar-refractivity contribution in [3.05, 3.63) is 28.2 Å². The normalized spacial score (nSPS) is 12.5. The molecule has 1 atom stereocenters. The largest absolute Gasteiger partial charge is 0.497 e. The molecule has 0 saturated heterocycles. The Labute approximate surface area is 105 Å². The highest BCUT2D eigenvalue weighted by Gasteiger charge is 2.05. The van der Waals surface area contributed by atoms with Crippen molar-refractivity contribution in [1.29, 1.82) is 0 Å². The molecule has 0 N–H and O–H groups in total. The number of halogens is 2. The standard InChI is InChI=1S/C12H16BrClO/c1-9(8-14)3-4-10-7-11(15-2)5-6-12(10)13/h5-7,9H,3-4,8H2,1-2H3. The van der Waals surface area contributed by atoms with Crippen LogP contribution in [0, 0.1) is 5.92 Å². The van der Waals surface area contributed by atoms with E-state index in [4.69, 9.17) is 16.3 Å². The summed E-state index contributed by atoms with van der Waals surface area (Å²) in [5.41, 5.74) is 1.28. The maximum absolute atomic E-state index is 5.78. The van der Waals surface area contributed by atoms with Crippen molar-refractivity contribution >= 4 is 27.5 Å². The SMILES string of the molecule is COc1ccc(Br)c(CCC(C)CCl)c1. The fourth-order valence-corrected chi connectivity index (χ4v) is 1.95. The van der Waals surface area contributed by atoms with Crippen LogP contribution in [0.5, 0.6) is 5.75 Å². The van der Waals surface area contributed by atoms with Gasteiger partial charge in [-0.1, -0.05) is 22.9 Å². The Bertz CT molecular complexity index is 314. The third-order valence-corrected chi connectivity index (χ3v) is 3.72. The number of alkyl halides is 1. The Morgan fingerprint density at radius 3 is 2.80 bits per heavy atom. The second-order valence-electron chi connectivity index (χ2n) is 3.76. The van der Waals surface area contributed by atoms with Gasteiger partial charge in [0.2, 0.25) is 0 Å². The van der Waals surface area contributed by atoms with Gasteiger partial charge in [-0.2, -0.15) is 0 Å². The van der Waals surface area contributed by atoms with Gasteiger partial charge >= 0.3 is 0 Å². The van der Waals surface area contributed by atoms with Gasteiger partial charge in [-0.15, -0.1) is 11.6 Å². The first-order valence-corrected chi connectivity index (χ1v) is 6.38. The van der Waals surface area contributed by atoms with E-state index in [9.17, 15) is 0 Å². The number of aryl methyl sites for hydroxylation is 1. The molecule has 0 fully saturated rings. The molecule has 1 aromatic carbocycles. The molecule has 0 saturated carbocycles. The van der Waals surface area contributed by atoms with E-state index < -0.39 is 0 Å². The predicted octanol–water partition coefficient (Wildman–Crippen LogP) is 4.27. The minimum absolute atomic E-state index is 0.560. The number of methoxy groups -OCH3 is 1. The van der Waals surface area contributed by atoms with Crippen LogP contribution in [0.15, 0.2) is 22.7 Å². The van der Waals surface area contributed by atoms with Gasteiger partial charge in [-0.25, -0.2) is 0 Å². The van der Waals surface area contributed by atoms with Crippen molar-refractivity contribution in [1.82, 2.24) is 0 Å². The topological polar surface area (TPSA) is 9.23 Å². The van der Waals surface area contributed by atoms with Crippen molar-refractivity contribution in [2.75, 3.05) is 13.0 Å². The molecule has 0 bridgehead atoms. The number of hydrogen-bond acceptors (Lipinski definition) is 1. The highest BCUT2D eigenvalue weighted by Crippen LogP contribution is 2.24. The third-order valence-electron chi connectivity index (χ3n) is 2.42. The molecule has 0 spiro atoms. The Morgan fingerprint density at radius 2 is 2.20 bits per heavy atom. The van der Waals surface area contributed by atoms with E-state index in [1.54, 1.807) is 7.11 Å². The van der Waals surface area contributed by atoms with E-state index in [-0.39, 0.29) is 0 Å². The van der Waals surface area contributed by atoms with Gasteiger partial charge in [0.15, 0.2) is 0 Å².